The third kappa shape index (κ3) is 5.31. The van der Waals surface area contributed by atoms with Gasteiger partial charge in [0, 0.05) is 6.07 Å². The molecular weight excluding hydrogens is 322 g/mol. The smallest absolute Gasteiger partial charge is 0.262 e. The number of benzene rings is 2. The number of rotatable bonds is 9. The fraction of sp³-hybridized carbons (Fsp3) is 0.316. The Labute approximate surface area is 147 Å². The first-order valence-electron chi connectivity index (χ1n) is 8.04. The zero-order valence-electron chi connectivity index (χ0n) is 14.7. The lowest BCUT2D eigenvalue weighted by atomic mass is 10.2. The van der Waals surface area contributed by atoms with E-state index >= 15 is 0 Å². The van der Waals surface area contributed by atoms with E-state index in [-0.39, 0.29) is 12.5 Å². The third-order valence-corrected chi connectivity index (χ3v) is 3.35. The van der Waals surface area contributed by atoms with Crippen LogP contribution in [0.25, 0.3) is 0 Å². The van der Waals surface area contributed by atoms with E-state index < -0.39 is 0 Å². The van der Waals surface area contributed by atoms with Crippen LogP contribution < -0.4 is 24.3 Å². The molecule has 25 heavy (non-hydrogen) atoms. The molecule has 0 atom stereocenters. The molecule has 2 aromatic carbocycles. The summed E-state index contributed by atoms with van der Waals surface area (Å²) in [5.74, 6) is 2.01. The van der Waals surface area contributed by atoms with E-state index in [1.165, 1.54) is 7.11 Å². The van der Waals surface area contributed by atoms with Crippen LogP contribution in [0, 0.1) is 0 Å². The Balaban J connectivity index is 2.00. The Bertz CT molecular complexity index is 702. The largest absolute Gasteiger partial charge is 0.497 e. The average molecular weight is 345 g/mol. The summed E-state index contributed by atoms with van der Waals surface area (Å²) in [5, 5.41) is 2.76. The van der Waals surface area contributed by atoms with Gasteiger partial charge in [-0.3, -0.25) is 4.79 Å². The van der Waals surface area contributed by atoms with Crippen LogP contribution in [-0.2, 0) is 4.79 Å². The molecule has 2 rings (SSSR count). The first kappa shape index (κ1) is 18.4. The van der Waals surface area contributed by atoms with Gasteiger partial charge in [0.15, 0.2) is 18.1 Å². The zero-order valence-corrected chi connectivity index (χ0v) is 14.7. The van der Waals surface area contributed by atoms with Crippen molar-refractivity contribution in [2.45, 2.75) is 13.3 Å². The van der Waals surface area contributed by atoms with Gasteiger partial charge in [-0.15, -0.1) is 0 Å². The molecule has 6 nitrogen and oxygen atoms in total. The lowest BCUT2D eigenvalue weighted by Crippen LogP contribution is -2.20. The highest BCUT2D eigenvalue weighted by atomic mass is 16.5. The molecule has 0 fully saturated rings. The highest BCUT2D eigenvalue weighted by Gasteiger charge is 2.11. The highest BCUT2D eigenvalue weighted by molar-refractivity contribution is 5.93. The summed E-state index contributed by atoms with van der Waals surface area (Å²) < 4.78 is 21.6. The van der Waals surface area contributed by atoms with Gasteiger partial charge in [-0.1, -0.05) is 19.1 Å². The summed E-state index contributed by atoms with van der Waals surface area (Å²) in [5.41, 5.74) is 0.519. The summed E-state index contributed by atoms with van der Waals surface area (Å²) >= 11 is 0. The molecule has 0 aliphatic carbocycles. The number of methoxy groups -OCH3 is 2. The van der Waals surface area contributed by atoms with Crippen molar-refractivity contribution in [2.75, 3.05) is 32.8 Å². The predicted octanol–water partition coefficient (Wildman–Crippen LogP) is 3.51. The second-order valence-electron chi connectivity index (χ2n) is 5.20. The minimum atomic E-state index is -0.308. The van der Waals surface area contributed by atoms with Gasteiger partial charge in [-0.2, -0.15) is 0 Å². The number of nitrogens with one attached hydrogen (secondary N) is 1. The fourth-order valence-corrected chi connectivity index (χ4v) is 2.14. The first-order chi connectivity index (χ1) is 12.2. The van der Waals surface area contributed by atoms with Crippen molar-refractivity contribution in [1.29, 1.82) is 0 Å². The van der Waals surface area contributed by atoms with Crippen LogP contribution in [0.1, 0.15) is 13.3 Å². The number of carbonyl (C=O) groups excluding carboxylic acids is 1. The lowest BCUT2D eigenvalue weighted by Gasteiger charge is -2.14. The van der Waals surface area contributed by atoms with Crippen LogP contribution in [0.5, 0.6) is 23.0 Å². The molecule has 1 amide bonds. The number of hydrogen-bond donors (Lipinski definition) is 1. The van der Waals surface area contributed by atoms with Crippen LogP contribution in [0.3, 0.4) is 0 Å². The molecule has 1 N–H and O–H groups in total. The second kappa shape index (κ2) is 9.42. The molecule has 2 aromatic rings. The Morgan fingerprint density at radius 3 is 2.32 bits per heavy atom. The Hall–Kier alpha value is -2.89. The normalized spacial score (nSPS) is 10.0. The number of anilines is 1. The maximum absolute atomic E-state index is 12.2. The van der Waals surface area contributed by atoms with E-state index in [0.29, 0.717) is 35.3 Å². The number of carbonyl (C=O) groups is 1. The molecule has 0 heterocycles. The topological polar surface area (TPSA) is 66.0 Å². The van der Waals surface area contributed by atoms with Crippen molar-refractivity contribution in [3.05, 3.63) is 42.5 Å². The zero-order chi connectivity index (χ0) is 18.1. The maximum Gasteiger partial charge on any atom is 0.262 e. The van der Waals surface area contributed by atoms with E-state index in [2.05, 4.69) is 5.32 Å². The number of para-hydroxylation sites is 2. The van der Waals surface area contributed by atoms with Crippen LogP contribution >= 0.6 is 0 Å². The summed E-state index contributed by atoms with van der Waals surface area (Å²) in [7, 11) is 3.10. The van der Waals surface area contributed by atoms with Gasteiger partial charge in [-0.25, -0.2) is 0 Å². The molecule has 0 aromatic heterocycles. The van der Waals surface area contributed by atoms with Gasteiger partial charge in [0.05, 0.1) is 26.5 Å². The van der Waals surface area contributed by atoms with Crippen LogP contribution in [-0.4, -0.2) is 33.3 Å². The molecule has 0 aliphatic heterocycles. The van der Waals surface area contributed by atoms with E-state index in [4.69, 9.17) is 18.9 Å². The summed E-state index contributed by atoms with van der Waals surface area (Å²) in [6.45, 7) is 2.47. The fourth-order valence-electron chi connectivity index (χ4n) is 2.14. The van der Waals surface area contributed by atoms with E-state index in [9.17, 15) is 4.79 Å². The number of ether oxygens (including phenoxy) is 4. The van der Waals surface area contributed by atoms with Crippen LogP contribution in [0.2, 0.25) is 0 Å². The van der Waals surface area contributed by atoms with Crippen molar-refractivity contribution in [2.24, 2.45) is 0 Å². The minimum absolute atomic E-state index is 0.146. The average Bonchev–Trinajstić information content (AvgIpc) is 2.65. The molecular formula is C19H23NO5. The van der Waals surface area contributed by atoms with Gasteiger partial charge < -0.3 is 24.3 Å². The molecule has 0 bridgehead atoms. The van der Waals surface area contributed by atoms with Gasteiger partial charge >= 0.3 is 0 Å². The maximum atomic E-state index is 12.2. The SMILES string of the molecule is CCCOc1ccccc1OCC(=O)Nc1cc(OC)ccc1OC. The molecule has 0 radical (unpaired) electrons. The standard InChI is InChI=1S/C19H23NO5/c1-4-11-24-17-7-5-6-8-18(17)25-13-19(21)20-15-12-14(22-2)9-10-16(15)23-3/h5-10,12H,4,11,13H2,1-3H3,(H,20,21). The Morgan fingerprint density at radius 1 is 0.960 bits per heavy atom. The second-order valence-corrected chi connectivity index (χ2v) is 5.20. The first-order valence-corrected chi connectivity index (χ1v) is 8.04. The number of amides is 1. The summed E-state index contributed by atoms with van der Waals surface area (Å²) in [6.07, 6.45) is 0.893. The monoisotopic (exact) mass is 345 g/mol. The van der Waals surface area contributed by atoms with Crippen molar-refractivity contribution >= 4 is 11.6 Å². The Kier molecular flexibility index (Phi) is 6.95. The highest BCUT2D eigenvalue weighted by Crippen LogP contribution is 2.29. The van der Waals surface area contributed by atoms with Crippen LogP contribution in [0.4, 0.5) is 5.69 Å². The third-order valence-electron chi connectivity index (χ3n) is 3.35. The minimum Gasteiger partial charge on any atom is -0.497 e. The van der Waals surface area contributed by atoms with E-state index in [1.54, 1.807) is 31.4 Å². The number of hydrogen-bond acceptors (Lipinski definition) is 5. The van der Waals surface area contributed by atoms with Crippen molar-refractivity contribution in [1.82, 2.24) is 0 Å². The summed E-state index contributed by atoms with van der Waals surface area (Å²) in [6, 6.07) is 12.4. The van der Waals surface area contributed by atoms with Crippen molar-refractivity contribution in [3.8, 4) is 23.0 Å². The lowest BCUT2D eigenvalue weighted by molar-refractivity contribution is -0.118. The molecule has 0 saturated carbocycles. The van der Waals surface area contributed by atoms with Crippen LogP contribution in [0.15, 0.2) is 42.5 Å². The van der Waals surface area contributed by atoms with E-state index in [1.807, 2.05) is 25.1 Å². The molecule has 6 heteroatoms. The van der Waals surface area contributed by atoms with E-state index in [0.717, 1.165) is 6.42 Å². The Morgan fingerprint density at radius 2 is 1.68 bits per heavy atom. The van der Waals surface area contributed by atoms with Gasteiger partial charge in [0.2, 0.25) is 0 Å². The molecule has 134 valence electrons. The van der Waals surface area contributed by atoms with Gasteiger partial charge in [-0.05, 0) is 30.7 Å². The summed E-state index contributed by atoms with van der Waals surface area (Å²) in [4.78, 5) is 12.2. The molecule has 0 aliphatic rings. The predicted molar refractivity (Wildman–Crippen MR) is 95.9 cm³/mol. The van der Waals surface area contributed by atoms with Gasteiger partial charge in [0.1, 0.15) is 11.5 Å². The quantitative estimate of drug-likeness (QED) is 0.753. The van der Waals surface area contributed by atoms with Crippen molar-refractivity contribution in [3.63, 3.8) is 0 Å². The van der Waals surface area contributed by atoms with Crippen molar-refractivity contribution < 1.29 is 23.7 Å². The van der Waals surface area contributed by atoms with Gasteiger partial charge in [0.25, 0.3) is 5.91 Å². The molecule has 0 saturated heterocycles. The molecule has 0 unspecified atom stereocenters. The molecule has 0 spiro atoms.